The number of rotatable bonds is 9. The van der Waals surface area contributed by atoms with Gasteiger partial charge in [-0.25, -0.2) is 12.8 Å². The number of sulfonamides is 1. The number of carbonyl (C=O) groups excluding carboxylic acids is 2. The van der Waals surface area contributed by atoms with E-state index in [1.807, 2.05) is 6.92 Å². The molecule has 0 aromatic heterocycles. The molecule has 0 aliphatic carbocycles. The Morgan fingerprint density at radius 2 is 1.56 bits per heavy atom. The molecular weight excluding hydrogens is 505 g/mol. The van der Waals surface area contributed by atoms with Gasteiger partial charge in [0, 0.05) is 18.6 Å². The molecule has 1 atom stereocenters. The summed E-state index contributed by atoms with van der Waals surface area (Å²) in [4.78, 5) is 27.3. The molecule has 3 aromatic carbocycles. The van der Waals surface area contributed by atoms with Crippen molar-refractivity contribution < 1.29 is 22.4 Å². The van der Waals surface area contributed by atoms with Crippen LogP contribution in [0.3, 0.4) is 0 Å². The van der Waals surface area contributed by atoms with Crippen LogP contribution < -0.4 is 9.62 Å². The van der Waals surface area contributed by atoms with Gasteiger partial charge in [-0.1, -0.05) is 41.4 Å². The van der Waals surface area contributed by atoms with Gasteiger partial charge in [0.2, 0.25) is 11.8 Å². The minimum absolute atomic E-state index is 0.0196. The summed E-state index contributed by atoms with van der Waals surface area (Å²) in [5.41, 5.74) is 1.69. The van der Waals surface area contributed by atoms with Gasteiger partial charge in [-0.2, -0.15) is 0 Å². The number of halogens is 2. The molecule has 36 heavy (non-hydrogen) atoms. The molecule has 0 unspecified atom stereocenters. The Morgan fingerprint density at radius 1 is 0.972 bits per heavy atom. The average molecular weight is 532 g/mol. The molecule has 0 fully saturated rings. The second-order valence-corrected chi connectivity index (χ2v) is 10.5. The molecule has 0 saturated carbocycles. The summed E-state index contributed by atoms with van der Waals surface area (Å²) in [7, 11) is -2.74. The first-order valence-electron chi connectivity index (χ1n) is 11.1. The fourth-order valence-corrected chi connectivity index (χ4v) is 5.09. The van der Waals surface area contributed by atoms with Crippen LogP contribution in [-0.4, -0.2) is 44.8 Å². The highest BCUT2D eigenvalue weighted by Gasteiger charge is 2.32. The van der Waals surface area contributed by atoms with Crippen LogP contribution in [0, 0.1) is 12.7 Å². The van der Waals surface area contributed by atoms with Gasteiger partial charge in [0.05, 0.1) is 10.6 Å². The molecule has 1 N–H and O–H groups in total. The molecule has 0 aliphatic rings. The second kappa shape index (κ2) is 11.5. The van der Waals surface area contributed by atoms with E-state index in [1.165, 1.54) is 36.2 Å². The highest BCUT2D eigenvalue weighted by molar-refractivity contribution is 7.92. The zero-order valence-corrected chi connectivity index (χ0v) is 21.7. The first-order valence-corrected chi connectivity index (χ1v) is 12.9. The molecule has 2 amide bonds. The largest absolute Gasteiger partial charge is 0.357 e. The van der Waals surface area contributed by atoms with Gasteiger partial charge in [0.25, 0.3) is 10.0 Å². The standard InChI is InChI=1S/C26H27ClFN3O4S/c1-18-4-14-24(15-5-18)36(34,35)31(23-12-10-22(28)11-13-23)17-25(32)30(19(2)26(33)29-3)16-20-6-8-21(27)9-7-20/h4-15,19H,16-17H2,1-3H3,(H,29,33)/t19-/m0/s1. The lowest BCUT2D eigenvalue weighted by Gasteiger charge is -2.31. The summed E-state index contributed by atoms with van der Waals surface area (Å²) in [6.07, 6.45) is 0. The van der Waals surface area contributed by atoms with Gasteiger partial charge in [-0.05, 0) is 67.9 Å². The van der Waals surface area contributed by atoms with Crippen LogP contribution >= 0.6 is 11.6 Å². The van der Waals surface area contributed by atoms with Crippen molar-refractivity contribution in [2.75, 3.05) is 17.9 Å². The first kappa shape index (κ1) is 27.2. The van der Waals surface area contributed by atoms with E-state index in [4.69, 9.17) is 11.6 Å². The number of anilines is 1. The lowest BCUT2D eigenvalue weighted by atomic mass is 10.1. The number of amides is 2. The number of benzene rings is 3. The molecule has 0 spiro atoms. The van der Waals surface area contributed by atoms with Crippen LogP contribution in [0.2, 0.25) is 5.02 Å². The molecule has 7 nitrogen and oxygen atoms in total. The molecular formula is C26H27ClFN3O4S. The Labute approximate surface area is 215 Å². The normalized spacial score (nSPS) is 12.0. The zero-order chi connectivity index (χ0) is 26.5. The number of aryl methyl sites for hydroxylation is 1. The Bertz CT molecular complexity index is 1310. The Balaban J connectivity index is 2.01. The van der Waals surface area contributed by atoms with Crippen molar-refractivity contribution in [3.8, 4) is 0 Å². The van der Waals surface area contributed by atoms with Crippen molar-refractivity contribution in [1.82, 2.24) is 10.2 Å². The SMILES string of the molecule is CNC(=O)[C@H](C)N(Cc1ccc(Cl)cc1)C(=O)CN(c1ccc(F)cc1)S(=O)(=O)c1ccc(C)cc1. The molecule has 0 bridgehead atoms. The minimum atomic E-state index is -4.20. The number of nitrogens with zero attached hydrogens (tertiary/aromatic N) is 2. The van der Waals surface area contributed by atoms with Crippen molar-refractivity contribution in [2.45, 2.75) is 31.3 Å². The van der Waals surface area contributed by atoms with Crippen LogP contribution in [0.25, 0.3) is 0 Å². The van der Waals surface area contributed by atoms with Gasteiger partial charge in [0.1, 0.15) is 18.4 Å². The summed E-state index contributed by atoms with van der Waals surface area (Å²) in [6.45, 7) is 2.83. The fourth-order valence-electron chi connectivity index (χ4n) is 3.55. The summed E-state index contributed by atoms with van der Waals surface area (Å²) >= 11 is 5.97. The van der Waals surface area contributed by atoms with E-state index in [9.17, 15) is 22.4 Å². The smallest absolute Gasteiger partial charge is 0.264 e. The van der Waals surface area contributed by atoms with Crippen LogP contribution in [-0.2, 0) is 26.2 Å². The third kappa shape index (κ3) is 6.41. The predicted octanol–water partition coefficient (Wildman–Crippen LogP) is 4.15. The topological polar surface area (TPSA) is 86.8 Å². The molecule has 0 aliphatic heterocycles. The van der Waals surface area contributed by atoms with E-state index >= 15 is 0 Å². The molecule has 3 aromatic rings. The first-order chi connectivity index (χ1) is 17.0. The molecule has 0 saturated heterocycles. The summed E-state index contributed by atoms with van der Waals surface area (Å²) in [5.74, 6) is -1.57. The van der Waals surface area contributed by atoms with Crippen molar-refractivity contribution in [2.24, 2.45) is 0 Å². The van der Waals surface area contributed by atoms with E-state index < -0.39 is 40.2 Å². The molecule has 0 radical (unpaired) electrons. The number of likely N-dealkylation sites (N-methyl/N-ethyl adjacent to an activating group) is 1. The van der Waals surface area contributed by atoms with E-state index in [2.05, 4.69) is 5.32 Å². The second-order valence-electron chi connectivity index (χ2n) is 8.24. The van der Waals surface area contributed by atoms with E-state index in [0.29, 0.717) is 10.6 Å². The zero-order valence-electron chi connectivity index (χ0n) is 20.1. The summed E-state index contributed by atoms with van der Waals surface area (Å²) in [6, 6.07) is 16.9. The Morgan fingerprint density at radius 3 is 2.11 bits per heavy atom. The number of carbonyl (C=O) groups is 2. The molecule has 190 valence electrons. The lowest BCUT2D eigenvalue weighted by molar-refractivity contribution is -0.139. The number of hydrogen-bond donors (Lipinski definition) is 1. The molecule has 0 heterocycles. The van der Waals surface area contributed by atoms with E-state index in [0.717, 1.165) is 22.0 Å². The maximum absolute atomic E-state index is 13.6. The van der Waals surface area contributed by atoms with E-state index in [-0.39, 0.29) is 17.1 Å². The summed E-state index contributed by atoms with van der Waals surface area (Å²) < 4.78 is 41.8. The van der Waals surface area contributed by atoms with Gasteiger partial charge < -0.3 is 10.2 Å². The molecule has 3 rings (SSSR count). The predicted molar refractivity (Wildman–Crippen MR) is 138 cm³/mol. The highest BCUT2D eigenvalue weighted by Crippen LogP contribution is 2.25. The lowest BCUT2D eigenvalue weighted by Crippen LogP contribution is -2.50. The van der Waals surface area contributed by atoms with Crippen molar-refractivity contribution in [1.29, 1.82) is 0 Å². The van der Waals surface area contributed by atoms with Crippen molar-refractivity contribution >= 4 is 39.1 Å². The summed E-state index contributed by atoms with van der Waals surface area (Å²) in [5, 5.41) is 3.04. The van der Waals surface area contributed by atoms with Gasteiger partial charge in [-0.15, -0.1) is 0 Å². The van der Waals surface area contributed by atoms with Gasteiger partial charge in [-0.3, -0.25) is 13.9 Å². The monoisotopic (exact) mass is 531 g/mol. The highest BCUT2D eigenvalue weighted by atomic mass is 35.5. The van der Waals surface area contributed by atoms with Crippen LogP contribution in [0.1, 0.15) is 18.1 Å². The molecule has 10 heteroatoms. The fraction of sp³-hybridized carbons (Fsp3) is 0.231. The minimum Gasteiger partial charge on any atom is -0.357 e. The maximum Gasteiger partial charge on any atom is 0.264 e. The number of nitrogens with one attached hydrogen (secondary N) is 1. The van der Waals surface area contributed by atoms with Gasteiger partial charge in [0.15, 0.2) is 0 Å². The van der Waals surface area contributed by atoms with Crippen molar-refractivity contribution in [3.05, 3.63) is 94.8 Å². The maximum atomic E-state index is 13.6. The van der Waals surface area contributed by atoms with Crippen molar-refractivity contribution in [3.63, 3.8) is 0 Å². The third-order valence-corrected chi connectivity index (χ3v) is 7.72. The van der Waals surface area contributed by atoms with Gasteiger partial charge >= 0.3 is 0 Å². The Kier molecular flexibility index (Phi) is 8.70. The Hall–Kier alpha value is -3.43. The van der Waals surface area contributed by atoms with Crippen LogP contribution in [0.4, 0.5) is 10.1 Å². The quantitative estimate of drug-likeness (QED) is 0.449. The third-order valence-electron chi connectivity index (χ3n) is 5.68. The van der Waals surface area contributed by atoms with Crippen LogP contribution in [0.15, 0.2) is 77.7 Å². The number of hydrogen-bond acceptors (Lipinski definition) is 4. The van der Waals surface area contributed by atoms with E-state index in [1.54, 1.807) is 43.3 Å². The van der Waals surface area contributed by atoms with Crippen LogP contribution in [0.5, 0.6) is 0 Å². The average Bonchev–Trinajstić information content (AvgIpc) is 2.86.